The third-order valence-electron chi connectivity index (χ3n) is 5.08. The van der Waals surface area contributed by atoms with Gasteiger partial charge in [0.15, 0.2) is 0 Å². The number of carboxylic acid groups (broad SMARTS) is 1. The van der Waals surface area contributed by atoms with Gasteiger partial charge in [0, 0.05) is 26.2 Å². The number of likely N-dealkylation sites (tertiary alicyclic amines) is 1. The fraction of sp³-hybridized carbons (Fsp3) is 0.556. The molecule has 1 atom stereocenters. The molecule has 8 heteroatoms. The SMILES string of the molecule is O=C(O)N1CCN(C(=O)Cc2ccc(Cl)c(Cl)c2)C(CN2CCCC2)C1. The van der Waals surface area contributed by atoms with Crippen molar-refractivity contribution in [2.45, 2.75) is 25.3 Å². The summed E-state index contributed by atoms with van der Waals surface area (Å²) in [5.41, 5.74) is 0.810. The molecule has 1 N–H and O–H groups in total. The predicted molar refractivity (Wildman–Crippen MR) is 101 cm³/mol. The largest absolute Gasteiger partial charge is 0.465 e. The Hall–Kier alpha value is -1.50. The first-order chi connectivity index (χ1) is 12.4. The molecule has 0 saturated carbocycles. The summed E-state index contributed by atoms with van der Waals surface area (Å²) in [5, 5.41) is 10.2. The highest BCUT2D eigenvalue weighted by Gasteiger charge is 2.33. The van der Waals surface area contributed by atoms with Crippen LogP contribution in [0.15, 0.2) is 18.2 Å². The summed E-state index contributed by atoms with van der Waals surface area (Å²) < 4.78 is 0. The maximum atomic E-state index is 12.9. The van der Waals surface area contributed by atoms with E-state index in [1.54, 1.807) is 18.2 Å². The lowest BCUT2D eigenvalue weighted by Gasteiger charge is -2.42. The van der Waals surface area contributed by atoms with Gasteiger partial charge in [0.2, 0.25) is 5.91 Å². The van der Waals surface area contributed by atoms with Crippen molar-refractivity contribution in [2.24, 2.45) is 0 Å². The highest BCUT2D eigenvalue weighted by atomic mass is 35.5. The van der Waals surface area contributed by atoms with Crippen molar-refractivity contribution in [3.63, 3.8) is 0 Å². The molecule has 0 aromatic heterocycles. The summed E-state index contributed by atoms with van der Waals surface area (Å²) in [6, 6.07) is 5.09. The van der Waals surface area contributed by atoms with Gasteiger partial charge in [-0.3, -0.25) is 4.79 Å². The van der Waals surface area contributed by atoms with E-state index in [1.165, 1.54) is 4.90 Å². The maximum absolute atomic E-state index is 12.9. The molecular weight excluding hydrogens is 377 g/mol. The molecule has 2 heterocycles. The second-order valence-electron chi connectivity index (χ2n) is 6.90. The zero-order valence-corrected chi connectivity index (χ0v) is 16.0. The highest BCUT2D eigenvalue weighted by molar-refractivity contribution is 6.42. The number of hydrogen-bond donors (Lipinski definition) is 1. The molecule has 1 aromatic carbocycles. The van der Waals surface area contributed by atoms with E-state index in [1.807, 2.05) is 4.90 Å². The quantitative estimate of drug-likeness (QED) is 0.845. The Morgan fingerprint density at radius 1 is 1.08 bits per heavy atom. The Morgan fingerprint density at radius 2 is 1.81 bits per heavy atom. The fourth-order valence-corrected chi connectivity index (χ4v) is 4.02. The lowest BCUT2D eigenvalue weighted by Crippen LogP contribution is -2.59. The molecule has 6 nitrogen and oxygen atoms in total. The summed E-state index contributed by atoms with van der Waals surface area (Å²) in [5.74, 6) is -0.00220. The van der Waals surface area contributed by atoms with Crippen LogP contribution in [0.4, 0.5) is 4.79 Å². The van der Waals surface area contributed by atoms with E-state index in [4.69, 9.17) is 23.2 Å². The van der Waals surface area contributed by atoms with Crippen molar-refractivity contribution in [2.75, 3.05) is 39.3 Å². The van der Waals surface area contributed by atoms with E-state index in [0.29, 0.717) is 29.7 Å². The third kappa shape index (κ3) is 4.61. The van der Waals surface area contributed by atoms with Gasteiger partial charge in [-0.1, -0.05) is 29.3 Å². The minimum absolute atomic E-state index is 0.00220. The first-order valence-corrected chi connectivity index (χ1v) is 9.63. The Balaban J connectivity index is 1.70. The normalized spacial score (nSPS) is 21.2. The monoisotopic (exact) mass is 399 g/mol. The van der Waals surface area contributed by atoms with Gasteiger partial charge < -0.3 is 19.8 Å². The molecule has 1 unspecified atom stereocenters. The van der Waals surface area contributed by atoms with Gasteiger partial charge in [-0.05, 0) is 43.6 Å². The molecule has 0 radical (unpaired) electrons. The Morgan fingerprint density at radius 3 is 2.46 bits per heavy atom. The van der Waals surface area contributed by atoms with Gasteiger partial charge in [0.05, 0.1) is 22.5 Å². The molecular formula is C18H23Cl2N3O3. The minimum atomic E-state index is -0.923. The van der Waals surface area contributed by atoms with Gasteiger partial charge >= 0.3 is 6.09 Å². The van der Waals surface area contributed by atoms with Crippen molar-refractivity contribution < 1.29 is 14.7 Å². The van der Waals surface area contributed by atoms with Crippen molar-refractivity contribution in [3.8, 4) is 0 Å². The van der Waals surface area contributed by atoms with Crippen LogP contribution in [0.1, 0.15) is 18.4 Å². The highest BCUT2D eigenvalue weighted by Crippen LogP contribution is 2.24. The topological polar surface area (TPSA) is 64.1 Å². The molecule has 26 heavy (non-hydrogen) atoms. The number of rotatable bonds is 4. The molecule has 2 fully saturated rings. The maximum Gasteiger partial charge on any atom is 0.407 e. The van der Waals surface area contributed by atoms with Crippen LogP contribution < -0.4 is 0 Å². The van der Waals surface area contributed by atoms with Gasteiger partial charge in [0.1, 0.15) is 0 Å². The van der Waals surface area contributed by atoms with E-state index < -0.39 is 6.09 Å². The number of piperazine rings is 1. The smallest absolute Gasteiger partial charge is 0.407 e. The molecule has 2 aliphatic rings. The molecule has 2 amide bonds. The van der Waals surface area contributed by atoms with Crippen molar-refractivity contribution >= 4 is 35.2 Å². The van der Waals surface area contributed by atoms with Gasteiger partial charge in [-0.15, -0.1) is 0 Å². The van der Waals surface area contributed by atoms with Crippen molar-refractivity contribution in [1.82, 2.24) is 14.7 Å². The van der Waals surface area contributed by atoms with Gasteiger partial charge in [-0.2, -0.15) is 0 Å². The number of amides is 2. The van der Waals surface area contributed by atoms with Crippen LogP contribution in [0.25, 0.3) is 0 Å². The molecule has 142 valence electrons. The number of benzene rings is 1. The first-order valence-electron chi connectivity index (χ1n) is 8.87. The predicted octanol–water partition coefficient (Wildman–Crippen LogP) is 2.82. The van der Waals surface area contributed by atoms with Crippen LogP contribution in [-0.4, -0.2) is 77.1 Å². The summed E-state index contributed by atoms with van der Waals surface area (Å²) in [4.78, 5) is 29.8. The van der Waals surface area contributed by atoms with E-state index in [9.17, 15) is 14.7 Å². The van der Waals surface area contributed by atoms with Gasteiger partial charge in [0.25, 0.3) is 0 Å². The van der Waals surface area contributed by atoms with Crippen molar-refractivity contribution in [3.05, 3.63) is 33.8 Å². The summed E-state index contributed by atoms with van der Waals surface area (Å²) in [6.07, 6.45) is 1.63. The summed E-state index contributed by atoms with van der Waals surface area (Å²) in [7, 11) is 0. The zero-order valence-electron chi connectivity index (χ0n) is 14.5. The van der Waals surface area contributed by atoms with Crippen LogP contribution in [0.2, 0.25) is 10.0 Å². The van der Waals surface area contributed by atoms with Crippen LogP contribution >= 0.6 is 23.2 Å². The Labute approximate surface area is 163 Å². The van der Waals surface area contributed by atoms with E-state index in [-0.39, 0.29) is 18.4 Å². The second-order valence-corrected chi connectivity index (χ2v) is 7.72. The van der Waals surface area contributed by atoms with Gasteiger partial charge in [-0.25, -0.2) is 4.79 Å². The molecule has 2 saturated heterocycles. The molecule has 0 spiro atoms. The van der Waals surface area contributed by atoms with Crippen LogP contribution in [0.5, 0.6) is 0 Å². The lowest BCUT2D eigenvalue weighted by molar-refractivity contribution is -0.135. The van der Waals surface area contributed by atoms with E-state index in [2.05, 4.69) is 4.90 Å². The third-order valence-corrected chi connectivity index (χ3v) is 5.82. The number of hydrogen-bond acceptors (Lipinski definition) is 3. The molecule has 1 aromatic rings. The van der Waals surface area contributed by atoms with E-state index in [0.717, 1.165) is 38.0 Å². The number of nitrogens with zero attached hydrogens (tertiary/aromatic N) is 3. The number of halogens is 2. The van der Waals surface area contributed by atoms with Crippen molar-refractivity contribution in [1.29, 1.82) is 0 Å². The second kappa shape index (κ2) is 8.46. The number of carbonyl (C=O) groups excluding carboxylic acids is 1. The minimum Gasteiger partial charge on any atom is -0.465 e. The van der Waals surface area contributed by atoms with Crippen LogP contribution in [0, 0.1) is 0 Å². The summed E-state index contributed by atoms with van der Waals surface area (Å²) >= 11 is 12.0. The molecule has 2 aliphatic heterocycles. The molecule has 0 bridgehead atoms. The standard InChI is InChI=1S/C18H23Cl2N3O3/c19-15-4-3-13(9-16(15)20)10-17(24)23-8-7-22(18(25)26)12-14(23)11-21-5-1-2-6-21/h3-4,9,14H,1-2,5-8,10-12H2,(H,25,26). The lowest BCUT2D eigenvalue weighted by atomic mass is 10.1. The Bertz CT molecular complexity index is 680. The Kier molecular flexibility index (Phi) is 6.27. The van der Waals surface area contributed by atoms with E-state index >= 15 is 0 Å². The molecule has 0 aliphatic carbocycles. The average molecular weight is 400 g/mol. The summed E-state index contributed by atoms with van der Waals surface area (Å²) in [6.45, 7) is 3.87. The molecule has 3 rings (SSSR count). The zero-order chi connectivity index (χ0) is 18.7. The van der Waals surface area contributed by atoms with Crippen LogP contribution in [0.3, 0.4) is 0 Å². The fourth-order valence-electron chi connectivity index (χ4n) is 3.70. The van der Waals surface area contributed by atoms with Crippen LogP contribution in [-0.2, 0) is 11.2 Å². The first kappa shape index (κ1) is 19.3. The average Bonchev–Trinajstić information content (AvgIpc) is 3.11. The number of carbonyl (C=O) groups is 2.